The van der Waals surface area contributed by atoms with Crippen molar-refractivity contribution in [2.45, 2.75) is 6.92 Å². The SMILES string of the molecule is Cc1cccc(C(=O)N2CCN(C(=O)c3cc(-c4ccco4)on3)CC2)c1. The highest BCUT2D eigenvalue weighted by Crippen LogP contribution is 2.21. The van der Waals surface area contributed by atoms with Gasteiger partial charge in [0.1, 0.15) is 0 Å². The van der Waals surface area contributed by atoms with Crippen molar-refractivity contribution in [2.75, 3.05) is 26.2 Å². The first kappa shape index (κ1) is 17.1. The average Bonchev–Trinajstić information content (AvgIpc) is 3.38. The summed E-state index contributed by atoms with van der Waals surface area (Å²) in [6, 6.07) is 12.6. The minimum atomic E-state index is -0.209. The van der Waals surface area contributed by atoms with E-state index < -0.39 is 0 Å². The van der Waals surface area contributed by atoms with Crippen LogP contribution >= 0.6 is 0 Å². The fraction of sp³-hybridized carbons (Fsp3) is 0.250. The van der Waals surface area contributed by atoms with Crippen molar-refractivity contribution < 1.29 is 18.5 Å². The van der Waals surface area contributed by atoms with Gasteiger partial charge in [0.05, 0.1) is 6.26 Å². The van der Waals surface area contributed by atoms with E-state index in [0.717, 1.165) is 5.56 Å². The van der Waals surface area contributed by atoms with Gasteiger partial charge in [0, 0.05) is 37.8 Å². The molecule has 0 spiro atoms. The summed E-state index contributed by atoms with van der Waals surface area (Å²) in [5.74, 6) is 0.721. The predicted molar refractivity (Wildman–Crippen MR) is 97.2 cm³/mol. The Morgan fingerprint density at radius 2 is 1.67 bits per heavy atom. The van der Waals surface area contributed by atoms with Gasteiger partial charge >= 0.3 is 0 Å². The van der Waals surface area contributed by atoms with E-state index >= 15 is 0 Å². The molecule has 2 aromatic heterocycles. The number of hydrogen-bond donors (Lipinski definition) is 0. The number of rotatable bonds is 3. The predicted octanol–water partition coefficient (Wildman–Crippen LogP) is 2.84. The van der Waals surface area contributed by atoms with E-state index in [-0.39, 0.29) is 17.5 Å². The summed E-state index contributed by atoms with van der Waals surface area (Å²) in [5.41, 5.74) is 1.96. The molecule has 7 heteroatoms. The Morgan fingerprint density at radius 1 is 0.926 bits per heavy atom. The molecule has 27 heavy (non-hydrogen) atoms. The standard InChI is InChI=1S/C20H19N3O4/c1-14-4-2-5-15(12-14)19(24)22-7-9-23(10-8-22)20(25)16-13-18(27-21-16)17-6-3-11-26-17/h2-6,11-13H,7-10H2,1H3. The van der Waals surface area contributed by atoms with E-state index in [0.29, 0.717) is 43.3 Å². The van der Waals surface area contributed by atoms with E-state index in [1.54, 1.807) is 28.0 Å². The Morgan fingerprint density at radius 3 is 2.33 bits per heavy atom. The van der Waals surface area contributed by atoms with Crippen LogP contribution in [0.2, 0.25) is 0 Å². The van der Waals surface area contributed by atoms with E-state index in [1.807, 2.05) is 31.2 Å². The third-order valence-electron chi connectivity index (χ3n) is 4.61. The fourth-order valence-electron chi connectivity index (χ4n) is 3.15. The highest BCUT2D eigenvalue weighted by atomic mass is 16.5. The molecule has 1 aromatic carbocycles. The van der Waals surface area contributed by atoms with Crippen LogP contribution < -0.4 is 0 Å². The first-order chi connectivity index (χ1) is 13.1. The number of aromatic nitrogens is 1. The molecule has 1 aliphatic rings. The van der Waals surface area contributed by atoms with Gasteiger partial charge in [-0.15, -0.1) is 0 Å². The molecule has 3 aromatic rings. The molecular weight excluding hydrogens is 346 g/mol. The molecule has 138 valence electrons. The lowest BCUT2D eigenvalue weighted by molar-refractivity contribution is 0.0530. The van der Waals surface area contributed by atoms with Crippen LogP contribution in [0.1, 0.15) is 26.4 Å². The third-order valence-corrected chi connectivity index (χ3v) is 4.61. The summed E-state index contributed by atoms with van der Waals surface area (Å²) in [6.07, 6.45) is 1.53. The molecule has 1 aliphatic heterocycles. The molecule has 1 saturated heterocycles. The zero-order chi connectivity index (χ0) is 18.8. The minimum absolute atomic E-state index is 0.00709. The Hall–Kier alpha value is -3.35. The van der Waals surface area contributed by atoms with Gasteiger partial charge in [-0.05, 0) is 31.2 Å². The van der Waals surface area contributed by atoms with Crippen molar-refractivity contribution in [1.82, 2.24) is 15.0 Å². The van der Waals surface area contributed by atoms with E-state index in [4.69, 9.17) is 8.94 Å². The first-order valence-electron chi connectivity index (χ1n) is 8.77. The van der Waals surface area contributed by atoms with Gasteiger partial charge in [-0.25, -0.2) is 0 Å². The van der Waals surface area contributed by atoms with Crippen molar-refractivity contribution >= 4 is 11.8 Å². The van der Waals surface area contributed by atoms with Crippen molar-refractivity contribution in [3.8, 4) is 11.5 Å². The van der Waals surface area contributed by atoms with E-state index in [9.17, 15) is 9.59 Å². The Balaban J connectivity index is 1.39. The number of carbonyl (C=O) groups excluding carboxylic acids is 2. The number of hydrogen-bond acceptors (Lipinski definition) is 5. The van der Waals surface area contributed by atoms with Crippen molar-refractivity contribution in [3.63, 3.8) is 0 Å². The van der Waals surface area contributed by atoms with Gasteiger partial charge in [-0.1, -0.05) is 22.9 Å². The normalized spacial score (nSPS) is 14.4. The second-order valence-corrected chi connectivity index (χ2v) is 6.51. The fourth-order valence-corrected chi connectivity index (χ4v) is 3.15. The second-order valence-electron chi connectivity index (χ2n) is 6.51. The summed E-state index contributed by atoms with van der Waals surface area (Å²) in [5, 5.41) is 3.85. The topological polar surface area (TPSA) is 79.8 Å². The summed E-state index contributed by atoms with van der Waals surface area (Å²) < 4.78 is 10.4. The van der Waals surface area contributed by atoms with Crippen LogP contribution in [-0.4, -0.2) is 52.9 Å². The third kappa shape index (κ3) is 3.48. The highest BCUT2D eigenvalue weighted by molar-refractivity contribution is 5.95. The maximum absolute atomic E-state index is 12.6. The molecule has 0 aliphatic carbocycles. The molecule has 2 amide bonds. The van der Waals surface area contributed by atoms with Gasteiger partial charge in [0.25, 0.3) is 11.8 Å². The first-order valence-corrected chi connectivity index (χ1v) is 8.77. The van der Waals surface area contributed by atoms with Crippen LogP contribution in [0.3, 0.4) is 0 Å². The van der Waals surface area contributed by atoms with Gasteiger partial charge < -0.3 is 18.7 Å². The van der Waals surface area contributed by atoms with Crippen LogP contribution in [0, 0.1) is 6.92 Å². The van der Waals surface area contributed by atoms with Crippen LogP contribution in [-0.2, 0) is 0 Å². The number of piperazine rings is 1. The molecule has 0 unspecified atom stereocenters. The lowest BCUT2D eigenvalue weighted by atomic mass is 10.1. The maximum Gasteiger partial charge on any atom is 0.276 e. The number of benzene rings is 1. The molecular formula is C20H19N3O4. The Bertz CT molecular complexity index is 953. The van der Waals surface area contributed by atoms with Crippen LogP contribution in [0.15, 0.2) is 57.7 Å². The summed E-state index contributed by atoms with van der Waals surface area (Å²) in [4.78, 5) is 28.7. The van der Waals surface area contributed by atoms with Crippen LogP contribution in [0.5, 0.6) is 0 Å². The van der Waals surface area contributed by atoms with Gasteiger partial charge in [0.2, 0.25) is 5.76 Å². The zero-order valence-electron chi connectivity index (χ0n) is 14.9. The highest BCUT2D eigenvalue weighted by Gasteiger charge is 2.27. The lowest BCUT2D eigenvalue weighted by Crippen LogP contribution is -2.50. The van der Waals surface area contributed by atoms with Crippen molar-refractivity contribution in [1.29, 1.82) is 0 Å². The second kappa shape index (κ2) is 7.11. The van der Waals surface area contributed by atoms with E-state index in [2.05, 4.69) is 5.16 Å². The summed E-state index contributed by atoms with van der Waals surface area (Å²) in [6.45, 7) is 3.85. The van der Waals surface area contributed by atoms with Gasteiger partial charge in [0.15, 0.2) is 11.5 Å². The molecule has 1 fully saturated rings. The number of nitrogens with zero attached hydrogens (tertiary/aromatic N) is 3. The molecule has 4 rings (SSSR count). The number of furan rings is 1. The van der Waals surface area contributed by atoms with Crippen molar-refractivity contribution in [2.24, 2.45) is 0 Å². The smallest absolute Gasteiger partial charge is 0.276 e. The van der Waals surface area contributed by atoms with Gasteiger partial charge in [-0.2, -0.15) is 0 Å². The number of carbonyl (C=O) groups is 2. The minimum Gasteiger partial charge on any atom is -0.461 e. The molecule has 0 atom stereocenters. The molecule has 0 bridgehead atoms. The monoisotopic (exact) mass is 365 g/mol. The zero-order valence-corrected chi connectivity index (χ0v) is 14.9. The number of aryl methyl sites for hydroxylation is 1. The Labute approximate surface area is 156 Å². The molecule has 0 saturated carbocycles. The Kier molecular flexibility index (Phi) is 4.50. The largest absolute Gasteiger partial charge is 0.461 e. The van der Waals surface area contributed by atoms with Crippen LogP contribution in [0.4, 0.5) is 0 Å². The molecule has 0 N–H and O–H groups in total. The number of amides is 2. The van der Waals surface area contributed by atoms with Gasteiger partial charge in [-0.3, -0.25) is 9.59 Å². The molecule has 0 radical (unpaired) electrons. The van der Waals surface area contributed by atoms with Crippen molar-refractivity contribution in [3.05, 3.63) is 65.5 Å². The maximum atomic E-state index is 12.6. The van der Waals surface area contributed by atoms with E-state index in [1.165, 1.54) is 6.26 Å². The van der Waals surface area contributed by atoms with Crippen LogP contribution in [0.25, 0.3) is 11.5 Å². The lowest BCUT2D eigenvalue weighted by Gasteiger charge is -2.34. The average molecular weight is 365 g/mol. The molecule has 7 nitrogen and oxygen atoms in total. The quantitative estimate of drug-likeness (QED) is 0.713. The summed E-state index contributed by atoms with van der Waals surface area (Å²) in [7, 11) is 0. The molecule has 3 heterocycles. The summed E-state index contributed by atoms with van der Waals surface area (Å²) >= 11 is 0.